The smallest absolute Gasteiger partial charge is 0.273 e. The summed E-state index contributed by atoms with van der Waals surface area (Å²) >= 11 is 0. The van der Waals surface area contributed by atoms with Crippen LogP contribution in [0.5, 0.6) is 11.5 Å². The molecule has 2 aliphatic rings. The predicted molar refractivity (Wildman–Crippen MR) is 148 cm³/mol. The maximum absolute atomic E-state index is 13.7. The topological polar surface area (TPSA) is 79.9 Å². The first kappa shape index (κ1) is 25.2. The number of carbonyl (C=O) groups excluding carboxylic acids is 1. The predicted octanol–water partition coefficient (Wildman–Crippen LogP) is 4.54. The number of methoxy groups -OCH3 is 1. The summed E-state index contributed by atoms with van der Waals surface area (Å²) in [7, 11) is 1.64. The highest BCUT2D eigenvalue weighted by molar-refractivity contribution is 6.00. The molecular formula is C31H32N4O4. The van der Waals surface area contributed by atoms with Gasteiger partial charge in [-0.2, -0.15) is 5.10 Å². The van der Waals surface area contributed by atoms with E-state index in [9.17, 15) is 4.79 Å². The Kier molecular flexibility index (Phi) is 7.29. The Labute approximate surface area is 228 Å². The van der Waals surface area contributed by atoms with Gasteiger partial charge in [-0.1, -0.05) is 66.7 Å². The largest absolute Gasteiger partial charge is 0.493 e. The summed E-state index contributed by atoms with van der Waals surface area (Å²) in [4.78, 5) is 18.0. The third-order valence-electron chi connectivity index (χ3n) is 7.41. The number of amides is 1. The molecule has 0 spiro atoms. The van der Waals surface area contributed by atoms with E-state index in [4.69, 9.17) is 14.2 Å². The lowest BCUT2D eigenvalue weighted by molar-refractivity contribution is 0.0316. The lowest BCUT2D eigenvalue weighted by atomic mass is 9.95. The molecule has 1 fully saturated rings. The van der Waals surface area contributed by atoms with E-state index in [1.165, 1.54) is 0 Å². The monoisotopic (exact) mass is 524 g/mol. The maximum atomic E-state index is 13.7. The van der Waals surface area contributed by atoms with Gasteiger partial charge in [0.25, 0.3) is 5.91 Å². The lowest BCUT2D eigenvalue weighted by Crippen LogP contribution is -2.42. The number of carbonyl (C=O) groups is 1. The van der Waals surface area contributed by atoms with Gasteiger partial charge in [0.05, 0.1) is 32.1 Å². The molecule has 1 N–H and O–H groups in total. The Morgan fingerprint density at radius 3 is 2.44 bits per heavy atom. The van der Waals surface area contributed by atoms with Crippen molar-refractivity contribution in [2.45, 2.75) is 12.6 Å². The van der Waals surface area contributed by atoms with Crippen molar-refractivity contribution in [3.05, 3.63) is 101 Å². The SMILES string of the molecule is COc1cc(C2c3c(-c4ccccc4)n[nH]c3C(=O)N2CCN2CCOCC2)ccc1OCc1ccccc1. The zero-order valence-electron chi connectivity index (χ0n) is 22.0. The number of nitrogens with one attached hydrogen (secondary N) is 1. The molecule has 0 bridgehead atoms. The molecule has 3 aromatic carbocycles. The Balaban J connectivity index is 1.34. The first-order chi connectivity index (χ1) is 19.2. The van der Waals surface area contributed by atoms with Crippen molar-refractivity contribution in [1.29, 1.82) is 0 Å². The summed E-state index contributed by atoms with van der Waals surface area (Å²) in [6.07, 6.45) is 0. The zero-order chi connectivity index (χ0) is 26.6. The third kappa shape index (κ3) is 5.13. The van der Waals surface area contributed by atoms with Gasteiger partial charge in [-0.05, 0) is 23.3 Å². The molecule has 1 amide bonds. The molecule has 39 heavy (non-hydrogen) atoms. The number of hydrogen-bond acceptors (Lipinski definition) is 6. The van der Waals surface area contributed by atoms with Crippen LogP contribution in [0.15, 0.2) is 78.9 Å². The van der Waals surface area contributed by atoms with Crippen LogP contribution in [-0.2, 0) is 11.3 Å². The van der Waals surface area contributed by atoms with E-state index in [0.717, 1.165) is 60.8 Å². The number of rotatable bonds is 9. The molecule has 4 aromatic rings. The normalized spacial score (nSPS) is 17.3. The minimum atomic E-state index is -0.306. The molecule has 200 valence electrons. The molecule has 0 aliphatic carbocycles. The number of morpholine rings is 1. The minimum absolute atomic E-state index is 0.0405. The van der Waals surface area contributed by atoms with Crippen molar-refractivity contribution in [1.82, 2.24) is 20.0 Å². The van der Waals surface area contributed by atoms with E-state index in [-0.39, 0.29) is 11.9 Å². The van der Waals surface area contributed by atoms with Gasteiger partial charge >= 0.3 is 0 Å². The van der Waals surface area contributed by atoms with Crippen molar-refractivity contribution in [2.24, 2.45) is 0 Å². The highest BCUT2D eigenvalue weighted by Crippen LogP contribution is 2.44. The van der Waals surface area contributed by atoms with E-state index in [2.05, 4.69) is 15.1 Å². The van der Waals surface area contributed by atoms with Crippen LogP contribution in [0, 0.1) is 0 Å². The van der Waals surface area contributed by atoms with Gasteiger partial charge in [0, 0.05) is 37.3 Å². The van der Waals surface area contributed by atoms with Gasteiger partial charge in [-0.3, -0.25) is 14.8 Å². The number of H-pyrrole nitrogens is 1. The van der Waals surface area contributed by atoms with Gasteiger partial charge in [0.2, 0.25) is 0 Å². The number of aromatic amines is 1. The molecule has 0 saturated carbocycles. The van der Waals surface area contributed by atoms with Gasteiger partial charge < -0.3 is 19.1 Å². The Morgan fingerprint density at radius 1 is 0.949 bits per heavy atom. The summed E-state index contributed by atoms with van der Waals surface area (Å²) in [5, 5.41) is 7.64. The van der Waals surface area contributed by atoms with E-state index >= 15 is 0 Å². The van der Waals surface area contributed by atoms with Crippen molar-refractivity contribution in [3.63, 3.8) is 0 Å². The number of ether oxygens (including phenoxy) is 3. The van der Waals surface area contributed by atoms with Crippen LogP contribution in [0.25, 0.3) is 11.3 Å². The van der Waals surface area contributed by atoms with Gasteiger partial charge in [-0.15, -0.1) is 0 Å². The second-order valence-corrected chi connectivity index (χ2v) is 9.77. The van der Waals surface area contributed by atoms with Crippen molar-refractivity contribution in [2.75, 3.05) is 46.5 Å². The van der Waals surface area contributed by atoms with Crippen LogP contribution in [-0.4, -0.2) is 72.4 Å². The molecule has 0 radical (unpaired) electrons. The molecule has 3 heterocycles. The fraction of sp³-hybridized carbons (Fsp3) is 0.290. The molecular weight excluding hydrogens is 492 g/mol. The number of nitrogens with zero attached hydrogens (tertiary/aromatic N) is 3. The molecule has 8 heteroatoms. The second-order valence-electron chi connectivity index (χ2n) is 9.77. The van der Waals surface area contributed by atoms with Crippen LogP contribution in [0.1, 0.15) is 33.2 Å². The first-order valence-corrected chi connectivity index (χ1v) is 13.3. The molecule has 1 aromatic heterocycles. The van der Waals surface area contributed by atoms with Crippen molar-refractivity contribution >= 4 is 5.91 Å². The number of fused-ring (bicyclic) bond motifs is 1. The summed E-state index contributed by atoms with van der Waals surface area (Å²) in [5.74, 6) is 1.24. The average molecular weight is 525 g/mol. The van der Waals surface area contributed by atoms with Crippen LogP contribution >= 0.6 is 0 Å². The van der Waals surface area contributed by atoms with Gasteiger partial charge in [0.15, 0.2) is 11.5 Å². The molecule has 2 aliphatic heterocycles. The Hall–Kier alpha value is -4.14. The number of hydrogen-bond donors (Lipinski definition) is 1. The summed E-state index contributed by atoms with van der Waals surface area (Å²) in [6, 6.07) is 25.7. The molecule has 8 nitrogen and oxygen atoms in total. The zero-order valence-corrected chi connectivity index (χ0v) is 22.0. The Bertz CT molecular complexity index is 1420. The molecule has 1 saturated heterocycles. The van der Waals surface area contributed by atoms with Crippen molar-refractivity contribution < 1.29 is 19.0 Å². The second kappa shape index (κ2) is 11.3. The standard InChI is InChI=1S/C31H32N4O4/c1-37-26-20-24(12-13-25(26)39-21-22-8-4-2-5-9-22)30-27-28(23-10-6-3-7-11-23)32-33-29(27)31(36)35(30)15-14-34-16-18-38-19-17-34/h2-13,20,30H,14-19,21H2,1H3,(H,32,33). The van der Waals surface area contributed by atoms with E-state index in [1.807, 2.05) is 83.8 Å². The molecule has 1 unspecified atom stereocenters. The highest BCUT2D eigenvalue weighted by Gasteiger charge is 2.42. The minimum Gasteiger partial charge on any atom is -0.493 e. The molecule has 6 rings (SSSR count). The molecule has 1 atom stereocenters. The quantitative estimate of drug-likeness (QED) is 0.346. The van der Waals surface area contributed by atoms with Crippen LogP contribution in [0.2, 0.25) is 0 Å². The Morgan fingerprint density at radius 2 is 1.69 bits per heavy atom. The van der Waals surface area contributed by atoms with Crippen molar-refractivity contribution in [3.8, 4) is 22.8 Å². The highest BCUT2D eigenvalue weighted by atomic mass is 16.5. The van der Waals surface area contributed by atoms with Crippen LogP contribution in [0.4, 0.5) is 0 Å². The first-order valence-electron chi connectivity index (χ1n) is 13.3. The fourth-order valence-electron chi connectivity index (χ4n) is 5.37. The summed E-state index contributed by atoms with van der Waals surface area (Å²) in [5.41, 5.74) is 5.23. The van der Waals surface area contributed by atoms with E-state index < -0.39 is 0 Å². The van der Waals surface area contributed by atoms with E-state index in [1.54, 1.807) is 7.11 Å². The van der Waals surface area contributed by atoms with E-state index in [0.29, 0.717) is 30.3 Å². The van der Waals surface area contributed by atoms with Gasteiger partial charge in [0.1, 0.15) is 12.3 Å². The number of aromatic nitrogens is 2. The summed E-state index contributed by atoms with van der Waals surface area (Å²) in [6.45, 7) is 4.99. The third-order valence-corrected chi connectivity index (χ3v) is 7.41. The van der Waals surface area contributed by atoms with Crippen LogP contribution < -0.4 is 9.47 Å². The fourth-order valence-corrected chi connectivity index (χ4v) is 5.37. The lowest BCUT2D eigenvalue weighted by Gasteiger charge is -2.31. The average Bonchev–Trinajstić information content (AvgIpc) is 3.55. The summed E-state index contributed by atoms with van der Waals surface area (Å²) < 4.78 is 17.4. The van der Waals surface area contributed by atoms with Crippen LogP contribution in [0.3, 0.4) is 0 Å². The van der Waals surface area contributed by atoms with Gasteiger partial charge in [-0.25, -0.2) is 0 Å². The number of benzene rings is 3. The maximum Gasteiger partial charge on any atom is 0.273 e.